The van der Waals surface area contributed by atoms with E-state index in [9.17, 15) is 4.79 Å². The summed E-state index contributed by atoms with van der Waals surface area (Å²) in [5, 5.41) is 12.3. The minimum absolute atomic E-state index is 0.0239. The third kappa shape index (κ3) is 3.89. The van der Waals surface area contributed by atoms with Crippen molar-refractivity contribution in [1.29, 1.82) is 0 Å². The molecule has 0 bridgehead atoms. The van der Waals surface area contributed by atoms with Crippen molar-refractivity contribution in [2.45, 2.75) is 25.9 Å². The van der Waals surface area contributed by atoms with Gasteiger partial charge in [0.2, 0.25) is 5.91 Å². The Morgan fingerprint density at radius 1 is 1.42 bits per heavy atom. The second-order valence-corrected chi connectivity index (χ2v) is 7.57. The minimum atomic E-state index is 0.0239. The van der Waals surface area contributed by atoms with Crippen LogP contribution in [-0.4, -0.2) is 34.1 Å². The Kier molecular flexibility index (Phi) is 5.17. The maximum absolute atomic E-state index is 12.6. The van der Waals surface area contributed by atoms with E-state index in [1.54, 1.807) is 23.8 Å². The average molecular weight is 370 g/mol. The van der Waals surface area contributed by atoms with E-state index in [0.717, 1.165) is 54.4 Å². The van der Waals surface area contributed by atoms with Crippen LogP contribution in [0.2, 0.25) is 0 Å². The first kappa shape index (κ1) is 17.1. The first-order valence-corrected chi connectivity index (χ1v) is 9.76. The van der Waals surface area contributed by atoms with Gasteiger partial charge in [0.15, 0.2) is 0 Å². The fourth-order valence-electron chi connectivity index (χ4n) is 3.44. The highest BCUT2D eigenvalue weighted by Gasteiger charge is 2.26. The molecule has 6 nitrogen and oxygen atoms in total. The van der Waals surface area contributed by atoms with E-state index in [-0.39, 0.29) is 11.8 Å². The first-order chi connectivity index (χ1) is 12.8. The fraction of sp³-hybridized carbons (Fsp3) is 0.368. The van der Waals surface area contributed by atoms with Crippen LogP contribution < -0.4 is 5.32 Å². The standard InChI is InChI=1S/C19H22N4O2S/c24-19(14-4-1-7-23(12-14)13-16-5-2-8-25-16)20-10-15-11-21-22-18(15)17-6-3-9-26-17/h2-3,5-6,8-9,11,14H,1,4,7,10,12-13H2,(H,20,24)(H,21,22)/t14-/m1/s1. The zero-order valence-electron chi connectivity index (χ0n) is 14.5. The molecule has 0 radical (unpaired) electrons. The summed E-state index contributed by atoms with van der Waals surface area (Å²) in [5.74, 6) is 1.09. The summed E-state index contributed by atoms with van der Waals surface area (Å²) in [7, 11) is 0. The van der Waals surface area contributed by atoms with Crippen LogP contribution in [0, 0.1) is 5.92 Å². The number of carbonyl (C=O) groups excluding carboxylic acids is 1. The van der Waals surface area contributed by atoms with Gasteiger partial charge < -0.3 is 9.73 Å². The number of nitrogens with zero attached hydrogens (tertiary/aromatic N) is 2. The van der Waals surface area contributed by atoms with Crippen LogP contribution in [-0.2, 0) is 17.9 Å². The van der Waals surface area contributed by atoms with Gasteiger partial charge in [-0.2, -0.15) is 5.10 Å². The summed E-state index contributed by atoms with van der Waals surface area (Å²) in [6, 6.07) is 7.95. The number of thiophene rings is 1. The molecule has 136 valence electrons. The quantitative estimate of drug-likeness (QED) is 0.698. The number of furan rings is 1. The smallest absolute Gasteiger partial charge is 0.224 e. The van der Waals surface area contributed by atoms with Gasteiger partial charge in [0.05, 0.1) is 35.5 Å². The van der Waals surface area contributed by atoms with Crippen LogP contribution in [0.4, 0.5) is 0 Å². The molecule has 0 saturated carbocycles. The molecule has 3 aromatic heterocycles. The summed E-state index contributed by atoms with van der Waals surface area (Å²) >= 11 is 1.66. The molecule has 2 N–H and O–H groups in total. The monoisotopic (exact) mass is 370 g/mol. The zero-order valence-corrected chi connectivity index (χ0v) is 15.3. The van der Waals surface area contributed by atoms with E-state index in [1.807, 2.05) is 23.6 Å². The number of hydrogen-bond donors (Lipinski definition) is 2. The van der Waals surface area contributed by atoms with Crippen molar-refractivity contribution < 1.29 is 9.21 Å². The summed E-state index contributed by atoms with van der Waals surface area (Å²) in [6.45, 7) is 3.04. The number of aromatic amines is 1. The van der Waals surface area contributed by atoms with Gasteiger partial charge in [0, 0.05) is 18.7 Å². The molecule has 0 unspecified atom stereocenters. The van der Waals surface area contributed by atoms with E-state index in [1.165, 1.54) is 0 Å². The summed E-state index contributed by atoms with van der Waals surface area (Å²) < 4.78 is 5.43. The van der Waals surface area contributed by atoms with Gasteiger partial charge in [-0.25, -0.2) is 0 Å². The van der Waals surface area contributed by atoms with E-state index in [4.69, 9.17) is 4.42 Å². The third-order valence-electron chi connectivity index (χ3n) is 4.77. The van der Waals surface area contributed by atoms with Crippen molar-refractivity contribution in [3.63, 3.8) is 0 Å². The van der Waals surface area contributed by atoms with Gasteiger partial charge in [-0.15, -0.1) is 11.3 Å². The summed E-state index contributed by atoms with van der Waals surface area (Å²) in [6.07, 6.45) is 5.45. The van der Waals surface area contributed by atoms with Crippen molar-refractivity contribution in [3.8, 4) is 10.6 Å². The normalized spacial score (nSPS) is 18.1. The molecule has 3 aromatic rings. The summed E-state index contributed by atoms with van der Waals surface area (Å²) in [5.41, 5.74) is 2.01. The van der Waals surface area contributed by atoms with Gasteiger partial charge >= 0.3 is 0 Å². The molecular weight excluding hydrogens is 348 g/mol. The Labute approximate surface area is 156 Å². The summed E-state index contributed by atoms with van der Waals surface area (Å²) in [4.78, 5) is 16.1. The van der Waals surface area contributed by atoms with Crippen LogP contribution in [0.5, 0.6) is 0 Å². The number of carbonyl (C=O) groups is 1. The molecule has 4 rings (SSSR count). The molecule has 7 heteroatoms. The number of nitrogens with one attached hydrogen (secondary N) is 2. The van der Waals surface area contributed by atoms with Crippen molar-refractivity contribution in [2.24, 2.45) is 5.92 Å². The number of hydrogen-bond acceptors (Lipinski definition) is 5. The molecule has 0 aliphatic carbocycles. The van der Waals surface area contributed by atoms with Crippen LogP contribution in [0.25, 0.3) is 10.6 Å². The molecule has 1 aliphatic rings. The van der Waals surface area contributed by atoms with E-state index in [0.29, 0.717) is 6.54 Å². The fourth-order valence-corrected chi connectivity index (χ4v) is 4.20. The van der Waals surface area contributed by atoms with Crippen LogP contribution in [0.1, 0.15) is 24.2 Å². The van der Waals surface area contributed by atoms with Gasteiger partial charge in [-0.05, 0) is 43.0 Å². The predicted octanol–water partition coefficient (Wildman–Crippen LogP) is 3.26. The lowest BCUT2D eigenvalue weighted by molar-refractivity contribution is -0.127. The van der Waals surface area contributed by atoms with Crippen LogP contribution in [0.3, 0.4) is 0 Å². The Morgan fingerprint density at radius 3 is 3.19 bits per heavy atom. The van der Waals surface area contributed by atoms with Crippen molar-refractivity contribution >= 4 is 17.2 Å². The van der Waals surface area contributed by atoms with Crippen molar-refractivity contribution in [3.05, 3.63) is 53.4 Å². The number of piperidine rings is 1. The van der Waals surface area contributed by atoms with Crippen LogP contribution in [0.15, 0.2) is 46.5 Å². The second kappa shape index (κ2) is 7.88. The number of likely N-dealkylation sites (tertiary alicyclic amines) is 1. The van der Waals surface area contributed by atoms with E-state index >= 15 is 0 Å². The minimum Gasteiger partial charge on any atom is -0.468 e. The van der Waals surface area contributed by atoms with Gasteiger partial charge in [0.25, 0.3) is 0 Å². The first-order valence-electron chi connectivity index (χ1n) is 8.88. The highest BCUT2D eigenvalue weighted by atomic mass is 32.1. The second-order valence-electron chi connectivity index (χ2n) is 6.62. The highest BCUT2D eigenvalue weighted by molar-refractivity contribution is 7.13. The predicted molar refractivity (Wildman–Crippen MR) is 100 cm³/mol. The lowest BCUT2D eigenvalue weighted by atomic mass is 9.97. The molecule has 1 amide bonds. The number of rotatable bonds is 6. The Balaban J connectivity index is 1.33. The Hall–Kier alpha value is -2.38. The van der Waals surface area contributed by atoms with E-state index in [2.05, 4.69) is 26.5 Å². The molecule has 1 fully saturated rings. The lowest BCUT2D eigenvalue weighted by Gasteiger charge is -2.31. The SMILES string of the molecule is O=C(NCc1cn[nH]c1-c1cccs1)[C@@H]1CCCN(Cc2ccco2)C1. The molecule has 1 atom stereocenters. The maximum atomic E-state index is 12.6. The molecule has 1 aliphatic heterocycles. The Morgan fingerprint density at radius 2 is 2.38 bits per heavy atom. The molecule has 0 aromatic carbocycles. The van der Waals surface area contributed by atoms with Gasteiger partial charge in [-0.3, -0.25) is 14.8 Å². The zero-order chi connectivity index (χ0) is 17.8. The number of aromatic nitrogens is 2. The van der Waals surface area contributed by atoms with Gasteiger partial charge in [-0.1, -0.05) is 6.07 Å². The average Bonchev–Trinajstić information content (AvgIpc) is 3.41. The highest BCUT2D eigenvalue weighted by Crippen LogP contribution is 2.26. The van der Waals surface area contributed by atoms with Crippen molar-refractivity contribution in [2.75, 3.05) is 13.1 Å². The molecule has 4 heterocycles. The number of H-pyrrole nitrogens is 1. The topological polar surface area (TPSA) is 74.2 Å². The molecule has 1 saturated heterocycles. The lowest BCUT2D eigenvalue weighted by Crippen LogP contribution is -2.42. The van der Waals surface area contributed by atoms with E-state index < -0.39 is 0 Å². The number of amides is 1. The van der Waals surface area contributed by atoms with Crippen molar-refractivity contribution in [1.82, 2.24) is 20.4 Å². The third-order valence-corrected chi connectivity index (χ3v) is 5.66. The largest absolute Gasteiger partial charge is 0.468 e. The Bertz CT molecular complexity index is 826. The maximum Gasteiger partial charge on any atom is 0.224 e. The molecule has 26 heavy (non-hydrogen) atoms. The molecule has 0 spiro atoms. The van der Waals surface area contributed by atoms with Crippen LogP contribution >= 0.6 is 11.3 Å². The molecular formula is C19H22N4O2S. The van der Waals surface area contributed by atoms with Gasteiger partial charge in [0.1, 0.15) is 5.76 Å².